The summed E-state index contributed by atoms with van der Waals surface area (Å²) < 4.78 is 0. The lowest BCUT2D eigenvalue weighted by molar-refractivity contribution is -0.0703. The van der Waals surface area contributed by atoms with Crippen LogP contribution in [-0.2, 0) is 11.0 Å². The molecule has 0 aliphatic heterocycles. The van der Waals surface area contributed by atoms with E-state index < -0.39 is 11.2 Å². The van der Waals surface area contributed by atoms with Crippen molar-refractivity contribution in [2.75, 3.05) is 0 Å². The number of Topliss-reactive ketones (excluding diaryl/α,β-unsaturated/α-hetero) is 1. The molecule has 1 unspecified atom stereocenters. The quantitative estimate of drug-likeness (QED) is 0.837. The monoisotopic (exact) mass is 302 g/mol. The van der Waals surface area contributed by atoms with E-state index in [0.717, 1.165) is 36.0 Å². The fourth-order valence-electron chi connectivity index (χ4n) is 4.56. The first-order valence-corrected chi connectivity index (χ1v) is 8.19. The molecule has 3 atom stereocenters. The summed E-state index contributed by atoms with van der Waals surface area (Å²) in [4.78, 5) is 12.7. The molecular formula is C19H26O3. The van der Waals surface area contributed by atoms with Gasteiger partial charge in [0.15, 0.2) is 5.78 Å². The molecule has 22 heavy (non-hydrogen) atoms. The van der Waals surface area contributed by atoms with Crippen molar-refractivity contribution in [1.82, 2.24) is 0 Å². The molecule has 0 bridgehead atoms. The lowest BCUT2D eigenvalue weighted by Crippen LogP contribution is -2.54. The summed E-state index contributed by atoms with van der Waals surface area (Å²) in [6, 6.07) is 5.76. The van der Waals surface area contributed by atoms with Crippen LogP contribution >= 0.6 is 0 Å². The second-order valence-electron chi connectivity index (χ2n) is 8.13. The zero-order chi connectivity index (χ0) is 16.3. The summed E-state index contributed by atoms with van der Waals surface area (Å²) in [5.74, 6) is 0.0625. The van der Waals surface area contributed by atoms with Crippen LogP contribution in [-0.4, -0.2) is 21.6 Å². The maximum absolute atomic E-state index is 12.7. The molecular weight excluding hydrogens is 276 g/mol. The van der Waals surface area contributed by atoms with Gasteiger partial charge in [-0.15, -0.1) is 0 Å². The fourth-order valence-corrected chi connectivity index (χ4v) is 4.56. The van der Waals surface area contributed by atoms with E-state index in [9.17, 15) is 15.0 Å². The number of fused-ring (bicyclic) bond motifs is 3. The van der Waals surface area contributed by atoms with Crippen LogP contribution in [0.4, 0.5) is 0 Å². The van der Waals surface area contributed by atoms with Gasteiger partial charge in [-0.1, -0.05) is 19.1 Å². The lowest BCUT2D eigenvalue weighted by atomic mass is 9.53. The molecule has 0 aromatic heterocycles. The molecule has 0 radical (unpaired) electrons. The van der Waals surface area contributed by atoms with Crippen LogP contribution in [0.15, 0.2) is 18.2 Å². The van der Waals surface area contributed by atoms with Crippen molar-refractivity contribution in [2.45, 2.75) is 70.0 Å². The number of benzene rings is 1. The molecule has 1 aromatic rings. The Labute approximate surface area is 132 Å². The first kappa shape index (κ1) is 15.7. The topological polar surface area (TPSA) is 57.5 Å². The van der Waals surface area contributed by atoms with E-state index in [1.807, 2.05) is 25.1 Å². The van der Waals surface area contributed by atoms with E-state index in [1.54, 1.807) is 13.8 Å². The van der Waals surface area contributed by atoms with Gasteiger partial charge in [0.1, 0.15) is 0 Å². The second-order valence-corrected chi connectivity index (χ2v) is 8.13. The molecule has 3 heteroatoms. The van der Waals surface area contributed by atoms with Gasteiger partial charge in [0.05, 0.1) is 11.2 Å². The highest BCUT2D eigenvalue weighted by atomic mass is 16.3. The second kappa shape index (κ2) is 4.65. The van der Waals surface area contributed by atoms with Crippen LogP contribution in [0.5, 0.6) is 0 Å². The predicted molar refractivity (Wildman–Crippen MR) is 86.0 cm³/mol. The third-order valence-corrected chi connectivity index (χ3v) is 5.93. The normalized spacial score (nSPS) is 35.0. The molecule has 1 saturated carbocycles. The van der Waals surface area contributed by atoms with Gasteiger partial charge in [-0.05, 0) is 62.6 Å². The Morgan fingerprint density at radius 3 is 2.55 bits per heavy atom. The molecule has 120 valence electrons. The fraction of sp³-hybridized carbons (Fsp3) is 0.632. The predicted octanol–water partition coefficient (Wildman–Crippen LogP) is 3.31. The zero-order valence-electron chi connectivity index (χ0n) is 13.9. The van der Waals surface area contributed by atoms with Crippen molar-refractivity contribution in [3.63, 3.8) is 0 Å². The Morgan fingerprint density at radius 2 is 1.91 bits per heavy atom. The van der Waals surface area contributed by atoms with Crippen LogP contribution in [0, 0.1) is 5.92 Å². The van der Waals surface area contributed by atoms with Gasteiger partial charge in [0, 0.05) is 17.9 Å². The van der Waals surface area contributed by atoms with Crippen molar-refractivity contribution < 1.29 is 15.0 Å². The molecule has 3 nitrogen and oxygen atoms in total. The summed E-state index contributed by atoms with van der Waals surface area (Å²) in [5, 5.41) is 21.0. The van der Waals surface area contributed by atoms with Crippen molar-refractivity contribution in [2.24, 2.45) is 5.92 Å². The van der Waals surface area contributed by atoms with Crippen molar-refractivity contribution in [1.29, 1.82) is 0 Å². The minimum absolute atomic E-state index is 0.0262. The molecule has 3 rings (SSSR count). The smallest absolute Gasteiger partial charge is 0.163 e. The molecule has 2 N–H and O–H groups in total. The van der Waals surface area contributed by atoms with E-state index in [1.165, 1.54) is 0 Å². The number of aliphatic hydroxyl groups is 2. The molecule has 2 aliphatic rings. The summed E-state index contributed by atoms with van der Waals surface area (Å²) >= 11 is 0. The zero-order valence-corrected chi connectivity index (χ0v) is 13.9. The molecule has 0 amide bonds. The average Bonchev–Trinajstić information content (AvgIpc) is 2.40. The van der Waals surface area contributed by atoms with Crippen LogP contribution in [0.25, 0.3) is 0 Å². The van der Waals surface area contributed by atoms with Gasteiger partial charge in [0.25, 0.3) is 0 Å². The number of ketones is 1. The maximum atomic E-state index is 12.7. The Balaban J connectivity index is 2.15. The molecule has 0 saturated heterocycles. The van der Waals surface area contributed by atoms with Crippen LogP contribution < -0.4 is 0 Å². The highest BCUT2D eigenvalue weighted by Gasteiger charge is 2.53. The van der Waals surface area contributed by atoms with Crippen molar-refractivity contribution in [3.05, 3.63) is 34.9 Å². The highest BCUT2D eigenvalue weighted by Crippen LogP contribution is 2.53. The minimum atomic E-state index is -0.953. The van der Waals surface area contributed by atoms with Gasteiger partial charge < -0.3 is 10.2 Å². The minimum Gasteiger partial charge on any atom is -0.390 e. The van der Waals surface area contributed by atoms with Gasteiger partial charge in [0.2, 0.25) is 0 Å². The van der Waals surface area contributed by atoms with Gasteiger partial charge >= 0.3 is 0 Å². The number of rotatable bonds is 1. The third-order valence-electron chi connectivity index (χ3n) is 5.93. The Hall–Kier alpha value is -1.19. The Kier molecular flexibility index (Phi) is 3.32. The molecule has 2 aliphatic carbocycles. The summed E-state index contributed by atoms with van der Waals surface area (Å²) in [7, 11) is 0. The lowest BCUT2D eigenvalue weighted by Gasteiger charge is -2.52. The molecule has 0 spiro atoms. The molecule has 0 heterocycles. The Bertz CT molecular complexity index is 624. The highest BCUT2D eigenvalue weighted by molar-refractivity contribution is 5.99. The van der Waals surface area contributed by atoms with Crippen molar-refractivity contribution >= 4 is 5.78 Å². The molecule has 1 aromatic carbocycles. The summed E-state index contributed by atoms with van der Waals surface area (Å²) in [6.45, 7) is 7.52. The number of carbonyl (C=O) groups is 1. The van der Waals surface area contributed by atoms with E-state index in [4.69, 9.17) is 0 Å². The van der Waals surface area contributed by atoms with Crippen molar-refractivity contribution in [3.8, 4) is 0 Å². The Morgan fingerprint density at radius 1 is 1.23 bits per heavy atom. The standard InChI is InChI=1S/C19H26O3/c1-17(2,21)12-6-7-14-13(10-12)15(20)11-16-18(14,3)8-5-9-19(16,4)22/h6-7,10,16,21-22H,5,8-9,11H2,1-4H3/t16?,18-,19-/m1/s1. The van der Waals surface area contributed by atoms with E-state index in [0.29, 0.717) is 6.42 Å². The summed E-state index contributed by atoms with van der Waals surface area (Å²) in [6.07, 6.45) is 3.13. The summed E-state index contributed by atoms with van der Waals surface area (Å²) in [5.41, 5.74) is 0.644. The van der Waals surface area contributed by atoms with Gasteiger partial charge in [-0.3, -0.25) is 4.79 Å². The first-order chi connectivity index (χ1) is 10.1. The van der Waals surface area contributed by atoms with Gasteiger partial charge in [-0.25, -0.2) is 0 Å². The van der Waals surface area contributed by atoms with Crippen LogP contribution in [0.2, 0.25) is 0 Å². The van der Waals surface area contributed by atoms with Gasteiger partial charge in [-0.2, -0.15) is 0 Å². The SMILES string of the molecule is CC(C)(O)c1ccc2c(c1)C(=O)CC1[C@](C)(O)CCC[C@]21C. The van der Waals surface area contributed by atoms with E-state index >= 15 is 0 Å². The van der Waals surface area contributed by atoms with Crippen LogP contribution in [0.3, 0.4) is 0 Å². The first-order valence-electron chi connectivity index (χ1n) is 8.19. The average molecular weight is 302 g/mol. The maximum Gasteiger partial charge on any atom is 0.163 e. The van der Waals surface area contributed by atoms with E-state index in [2.05, 4.69) is 6.92 Å². The number of hydrogen-bond donors (Lipinski definition) is 2. The van der Waals surface area contributed by atoms with Crippen LogP contribution in [0.1, 0.15) is 74.9 Å². The number of hydrogen-bond acceptors (Lipinski definition) is 3. The van der Waals surface area contributed by atoms with E-state index in [-0.39, 0.29) is 17.1 Å². The third kappa shape index (κ3) is 2.22. The largest absolute Gasteiger partial charge is 0.390 e. The molecule has 1 fully saturated rings. The number of carbonyl (C=O) groups excluding carboxylic acids is 1.